The minimum atomic E-state index is -0.162. The van der Waals surface area contributed by atoms with Gasteiger partial charge in [-0.2, -0.15) is 0 Å². The lowest BCUT2D eigenvalue weighted by atomic mass is 10.1. The molecule has 0 spiro atoms. The third-order valence-corrected chi connectivity index (χ3v) is 2.27. The molecule has 13 heavy (non-hydrogen) atoms. The molecule has 0 amide bonds. The molecule has 1 nitrogen and oxygen atoms in total. The normalized spacial score (nSPS) is 12.8. The summed E-state index contributed by atoms with van der Waals surface area (Å²) in [4.78, 5) is 0. The fourth-order valence-electron chi connectivity index (χ4n) is 1.18. The number of rotatable bonds is 4. The van der Waals surface area contributed by atoms with Gasteiger partial charge in [-0.05, 0) is 44.5 Å². The summed E-state index contributed by atoms with van der Waals surface area (Å²) in [6.45, 7) is 2.14. The molecule has 0 radical (unpaired) electrons. The Bertz CT molecular complexity index is 243. The SMILES string of the molecule is CN[C@H](C)CCc1ccc(F)cc1. The fraction of sp³-hybridized carbons (Fsp3) is 0.455. The van der Waals surface area contributed by atoms with Crippen LogP contribution in [-0.4, -0.2) is 13.1 Å². The minimum Gasteiger partial charge on any atom is -0.317 e. The molecule has 0 aromatic heterocycles. The number of hydrogen-bond donors (Lipinski definition) is 1. The topological polar surface area (TPSA) is 12.0 Å². The van der Waals surface area contributed by atoms with Crippen LogP contribution in [0, 0.1) is 5.82 Å². The molecule has 1 aromatic carbocycles. The van der Waals surface area contributed by atoms with Gasteiger partial charge in [0.2, 0.25) is 0 Å². The van der Waals surface area contributed by atoms with E-state index in [1.165, 1.54) is 17.7 Å². The Morgan fingerprint density at radius 1 is 1.31 bits per heavy atom. The first-order valence-corrected chi connectivity index (χ1v) is 4.64. The summed E-state index contributed by atoms with van der Waals surface area (Å²) >= 11 is 0. The van der Waals surface area contributed by atoms with Crippen LogP contribution in [0.5, 0.6) is 0 Å². The van der Waals surface area contributed by atoms with Gasteiger partial charge in [0, 0.05) is 6.04 Å². The Morgan fingerprint density at radius 2 is 1.92 bits per heavy atom. The summed E-state index contributed by atoms with van der Waals surface area (Å²) in [7, 11) is 1.95. The average molecular weight is 181 g/mol. The van der Waals surface area contributed by atoms with Gasteiger partial charge >= 0.3 is 0 Å². The molecule has 0 saturated carbocycles. The maximum Gasteiger partial charge on any atom is 0.123 e. The molecule has 0 fully saturated rings. The maximum absolute atomic E-state index is 12.5. The summed E-state index contributed by atoms with van der Waals surface area (Å²) in [5, 5.41) is 3.17. The van der Waals surface area contributed by atoms with E-state index in [1.54, 1.807) is 0 Å². The quantitative estimate of drug-likeness (QED) is 0.752. The third kappa shape index (κ3) is 3.55. The predicted molar refractivity (Wildman–Crippen MR) is 53.2 cm³/mol. The number of benzene rings is 1. The molecule has 0 bridgehead atoms. The predicted octanol–water partition coefficient (Wildman–Crippen LogP) is 2.37. The maximum atomic E-state index is 12.5. The van der Waals surface area contributed by atoms with Crippen molar-refractivity contribution in [1.29, 1.82) is 0 Å². The van der Waals surface area contributed by atoms with Gasteiger partial charge in [-0.1, -0.05) is 12.1 Å². The number of hydrogen-bond acceptors (Lipinski definition) is 1. The first kappa shape index (κ1) is 10.2. The second-order valence-corrected chi connectivity index (χ2v) is 3.35. The van der Waals surface area contributed by atoms with Crippen molar-refractivity contribution < 1.29 is 4.39 Å². The molecule has 0 saturated heterocycles. The smallest absolute Gasteiger partial charge is 0.123 e. The zero-order chi connectivity index (χ0) is 9.68. The van der Waals surface area contributed by atoms with E-state index in [2.05, 4.69) is 12.2 Å². The number of nitrogens with one attached hydrogen (secondary N) is 1. The summed E-state index contributed by atoms with van der Waals surface area (Å²) in [5.41, 5.74) is 1.20. The van der Waals surface area contributed by atoms with Crippen molar-refractivity contribution in [2.75, 3.05) is 7.05 Å². The Morgan fingerprint density at radius 3 is 2.46 bits per heavy atom. The standard InChI is InChI=1S/C11H16FN/c1-9(13-2)3-4-10-5-7-11(12)8-6-10/h5-9,13H,3-4H2,1-2H3/t9-/m1/s1. The van der Waals surface area contributed by atoms with Crippen molar-refractivity contribution in [3.63, 3.8) is 0 Å². The molecule has 0 aliphatic rings. The number of halogens is 1. The van der Waals surface area contributed by atoms with Crippen LogP contribution in [0.3, 0.4) is 0 Å². The highest BCUT2D eigenvalue weighted by atomic mass is 19.1. The van der Waals surface area contributed by atoms with Gasteiger partial charge in [0.25, 0.3) is 0 Å². The van der Waals surface area contributed by atoms with Crippen LogP contribution >= 0.6 is 0 Å². The molecule has 0 unspecified atom stereocenters. The van der Waals surface area contributed by atoms with Crippen LogP contribution in [0.25, 0.3) is 0 Å². The molecule has 0 heterocycles. The zero-order valence-electron chi connectivity index (χ0n) is 8.18. The second kappa shape index (κ2) is 4.97. The summed E-state index contributed by atoms with van der Waals surface area (Å²) in [6.07, 6.45) is 2.09. The first-order valence-electron chi connectivity index (χ1n) is 4.64. The summed E-state index contributed by atoms with van der Waals surface area (Å²) in [6, 6.07) is 7.24. The van der Waals surface area contributed by atoms with Crippen molar-refractivity contribution in [1.82, 2.24) is 5.32 Å². The molecule has 1 rings (SSSR count). The van der Waals surface area contributed by atoms with Gasteiger partial charge in [-0.15, -0.1) is 0 Å². The van der Waals surface area contributed by atoms with E-state index in [9.17, 15) is 4.39 Å². The van der Waals surface area contributed by atoms with E-state index in [1.807, 2.05) is 19.2 Å². The first-order chi connectivity index (χ1) is 6.22. The van der Waals surface area contributed by atoms with Crippen LogP contribution in [-0.2, 0) is 6.42 Å². The van der Waals surface area contributed by atoms with Crippen molar-refractivity contribution in [3.8, 4) is 0 Å². The lowest BCUT2D eigenvalue weighted by Crippen LogP contribution is -2.21. The van der Waals surface area contributed by atoms with E-state index in [0.717, 1.165) is 12.8 Å². The Kier molecular flexibility index (Phi) is 3.90. The van der Waals surface area contributed by atoms with Gasteiger partial charge in [-0.3, -0.25) is 0 Å². The molecule has 0 aliphatic carbocycles. The van der Waals surface area contributed by atoms with Gasteiger partial charge in [0.05, 0.1) is 0 Å². The Balaban J connectivity index is 2.41. The monoisotopic (exact) mass is 181 g/mol. The van der Waals surface area contributed by atoms with Gasteiger partial charge in [0.1, 0.15) is 5.82 Å². The van der Waals surface area contributed by atoms with Crippen molar-refractivity contribution >= 4 is 0 Å². The molecule has 1 aromatic rings. The molecular formula is C11H16FN. The third-order valence-electron chi connectivity index (χ3n) is 2.27. The van der Waals surface area contributed by atoms with Crippen molar-refractivity contribution in [3.05, 3.63) is 35.6 Å². The van der Waals surface area contributed by atoms with Crippen LogP contribution in [0.2, 0.25) is 0 Å². The Labute approximate surface area is 79.0 Å². The van der Waals surface area contributed by atoms with E-state index in [0.29, 0.717) is 6.04 Å². The fourth-order valence-corrected chi connectivity index (χ4v) is 1.18. The second-order valence-electron chi connectivity index (χ2n) is 3.35. The molecule has 0 aliphatic heterocycles. The van der Waals surface area contributed by atoms with Crippen LogP contribution in [0.1, 0.15) is 18.9 Å². The van der Waals surface area contributed by atoms with E-state index >= 15 is 0 Å². The van der Waals surface area contributed by atoms with Crippen molar-refractivity contribution in [2.45, 2.75) is 25.8 Å². The highest BCUT2D eigenvalue weighted by Gasteiger charge is 1.99. The van der Waals surface area contributed by atoms with E-state index in [4.69, 9.17) is 0 Å². The van der Waals surface area contributed by atoms with Gasteiger partial charge in [0.15, 0.2) is 0 Å². The average Bonchev–Trinajstić information content (AvgIpc) is 2.16. The van der Waals surface area contributed by atoms with E-state index in [-0.39, 0.29) is 5.82 Å². The summed E-state index contributed by atoms with van der Waals surface area (Å²) < 4.78 is 12.5. The van der Waals surface area contributed by atoms with E-state index < -0.39 is 0 Å². The van der Waals surface area contributed by atoms with Crippen molar-refractivity contribution in [2.24, 2.45) is 0 Å². The molecule has 72 valence electrons. The highest BCUT2D eigenvalue weighted by molar-refractivity contribution is 5.16. The largest absolute Gasteiger partial charge is 0.317 e. The Hall–Kier alpha value is -0.890. The summed E-state index contributed by atoms with van der Waals surface area (Å²) in [5.74, 6) is -0.162. The van der Waals surface area contributed by atoms with Gasteiger partial charge < -0.3 is 5.32 Å². The minimum absolute atomic E-state index is 0.162. The lowest BCUT2D eigenvalue weighted by molar-refractivity contribution is 0.564. The zero-order valence-corrected chi connectivity index (χ0v) is 8.18. The molecule has 1 atom stereocenters. The highest BCUT2D eigenvalue weighted by Crippen LogP contribution is 2.06. The van der Waals surface area contributed by atoms with Crippen LogP contribution < -0.4 is 5.32 Å². The lowest BCUT2D eigenvalue weighted by Gasteiger charge is -2.09. The van der Waals surface area contributed by atoms with Crippen LogP contribution in [0.4, 0.5) is 4.39 Å². The number of aryl methyl sites for hydroxylation is 1. The van der Waals surface area contributed by atoms with Gasteiger partial charge in [-0.25, -0.2) is 4.39 Å². The molecular weight excluding hydrogens is 165 g/mol. The molecule has 1 N–H and O–H groups in total. The molecule has 2 heteroatoms. The van der Waals surface area contributed by atoms with Crippen LogP contribution in [0.15, 0.2) is 24.3 Å².